The Morgan fingerprint density at radius 1 is 0.774 bits per heavy atom. The molecule has 1 saturated carbocycles. The van der Waals surface area contributed by atoms with Crippen LogP contribution in [0.25, 0.3) is 11.1 Å². The van der Waals surface area contributed by atoms with E-state index in [1.54, 1.807) is 0 Å². The molecule has 170 valence electrons. The molecule has 0 atom stereocenters. The van der Waals surface area contributed by atoms with Crippen LogP contribution in [0.2, 0.25) is 0 Å². The van der Waals surface area contributed by atoms with Gasteiger partial charge >= 0.3 is 12.3 Å². The Labute approximate surface area is 184 Å². The molecule has 0 unspecified atom stereocenters. The minimum absolute atomic E-state index is 0.595. The molecule has 31 heavy (non-hydrogen) atoms. The van der Waals surface area contributed by atoms with Gasteiger partial charge in [-0.1, -0.05) is 94.0 Å². The predicted octanol–water partition coefficient (Wildman–Crippen LogP) is 9.34. The fourth-order valence-corrected chi connectivity index (χ4v) is 4.78. The second-order valence-electron chi connectivity index (χ2n) is 9.04. The molecule has 3 rings (SSSR count). The van der Waals surface area contributed by atoms with Crippen molar-refractivity contribution in [2.75, 3.05) is 0 Å². The van der Waals surface area contributed by atoms with Crippen LogP contribution in [0, 0.1) is 5.92 Å². The van der Waals surface area contributed by atoms with Gasteiger partial charge in [0.15, 0.2) is 0 Å². The van der Waals surface area contributed by atoms with Crippen molar-refractivity contribution in [3.8, 4) is 11.1 Å². The maximum Gasteiger partial charge on any atom is 0.332 e. The van der Waals surface area contributed by atoms with Crippen molar-refractivity contribution < 1.29 is 17.6 Å². The fourth-order valence-electron chi connectivity index (χ4n) is 4.78. The van der Waals surface area contributed by atoms with E-state index < -0.39 is 17.9 Å². The zero-order valence-electron chi connectivity index (χ0n) is 18.4. The Kier molecular flexibility index (Phi) is 8.57. The normalized spacial score (nSPS) is 19.7. The highest BCUT2D eigenvalue weighted by Gasteiger charge is 2.42. The number of unbranched alkanes of at least 4 members (excludes halogenated alkanes) is 4. The molecule has 0 nitrogen and oxygen atoms in total. The molecule has 4 heteroatoms. The van der Waals surface area contributed by atoms with E-state index in [2.05, 4.69) is 19.1 Å². The van der Waals surface area contributed by atoms with Gasteiger partial charge in [-0.25, -0.2) is 8.78 Å². The van der Waals surface area contributed by atoms with Crippen molar-refractivity contribution in [1.82, 2.24) is 0 Å². The molecule has 0 radical (unpaired) electrons. The van der Waals surface area contributed by atoms with E-state index in [0.29, 0.717) is 5.92 Å². The smallest absolute Gasteiger partial charge is 0.203 e. The van der Waals surface area contributed by atoms with Gasteiger partial charge in [0.25, 0.3) is 0 Å². The van der Waals surface area contributed by atoms with E-state index >= 15 is 0 Å². The number of benzene rings is 2. The summed E-state index contributed by atoms with van der Waals surface area (Å²) in [7, 11) is 0. The molecule has 0 aliphatic heterocycles. The summed E-state index contributed by atoms with van der Waals surface area (Å²) in [5, 5.41) is 0. The summed E-state index contributed by atoms with van der Waals surface area (Å²) in [6.45, 7) is 2.25. The van der Waals surface area contributed by atoms with Crippen LogP contribution in [-0.4, -0.2) is 6.43 Å². The Bertz CT molecular complexity index is 772. The number of rotatable bonds is 10. The van der Waals surface area contributed by atoms with E-state index in [1.807, 2.05) is 12.1 Å². The SMILES string of the molecule is CCCCCCC[C@H]1CC[C@H](c2ccc(-c3ccc(C(F)(F)C(F)F)cc3)cc2)CC1. The van der Waals surface area contributed by atoms with E-state index in [1.165, 1.54) is 81.9 Å². The maximum absolute atomic E-state index is 13.5. The van der Waals surface area contributed by atoms with Gasteiger partial charge < -0.3 is 0 Å². The first-order valence-electron chi connectivity index (χ1n) is 11.8. The second kappa shape index (κ2) is 11.2. The summed E-state index contributed by atoms with van der Waals surface area (Å²) in [5.41, 5.74) is 2.36. The monoisotopic (exact) mass is 434 g/mol. The lowest BCUT2D eigenvalue weighted by atomic mass is 9.77. The van der Waals surface area contributed by atoms with Crippen LogP contribution in [0.15, 0.2) is 48.5 Å². The minimum Gasteiger partial charge on any atom is -0.203 e. The number of hydrogen-bond acceptors (Lipinski definition) is 0. The summed E-state index contributed by atoms with van der Waals surface area (Å²) >= 11 is 0. The van der Waals surface area contributed by atoms with Gasteiger partial charge in [-0.2, -0.15) is 8.78 Å². The predicted molar refractivity (Wildman–Crippen MR) is 120 cm³/mol. The minimum atomic E-state index is -4.11. The highest BCUT2D eigenvalue weighted by Crippen LogP contribution is 2.39. The third-order valence-corrected chi connectivity index (χ3v) is 6.82. The van der Waals surface area contributed by atoms with Gasteiger partial charge in [-0.15, -0.1) is 0 Å². The number of halogens is 4. The van der Waals surface area contributed by atoms with Crippen LogP contribution in [0.4, 0.5) is 17.6 Å². The molecule has 1 fully saturated rings. The fraction of sp³-hybridized carbons (Fsp3) is 0.556. The van der Waals surface area contributed by atoms with Gasteiger partial charge in [0.2, 0.25) is 0 Å². The average molecular weight is 435 g/mol. The summed E-state index contributed by atoms with van der Waals surface area (Å²) in [5.74, 6) is -2.64. The van der Waals surface area contributed by atoms with Gasteiger partial charge in [0.05, 0.1) is 0 Å². The number of hydrogen-bond donors (Lipinski definition) is 0. The first-order chi connectivity index (χ1) is 14.9. The summed E-state index contributed by atoms with van der Waals surface area (Å²) < 4.78 is 52.0. The van der Waals surface area contributed by atoms with Crippen molar-refractivity contribution in [3.05, 3.63) is 59.7 Å². The van der Waals surface area contributed by atoms with Gasteiger partial charge in [0.1, 0.15) is 0 Å². The highest BCUT2D eigenvalue weighted by molar-refractivity contribution is 5.64. The molecular weight excluding hydrogens is 400 g/mol. The Balaban J connectivity index is 1.52. The molecule has 1 aliphatic carbocycles. The average Bonchev–Trinajstić information content (AvgIpc) is 2.79. The number of alkyl halides is 4. The van der Waals surface area contributed by atoms with Crippen molar-refractivity contribution in [3.63, 3.8) is 0 Å². The molecule has 0 bridgehead atoms. The lowest BCUT2D eigenvalue weighted by Crippen LogP contribution is -2.23. The van der Waals surface area contributed by atoms with Crippen LogP contribution >= 0.6 is 0 Å². The zero-order chi connectivity index (χ0) is 22.3. The lowest BCUT2D eigenvalue weighted by Gasteiger charge is -2.29. The van der Waals surface area contributed by atoms with Crippen LogP contribution in [0.5, 0.6) is 0 Å². The first-order valence-corrected chi connectivity index (χ1v) is 11.8. The van der Waals surface area contributed by atoms with Gasteiger partial charge in [-0.05, 0) is 54.2 Å². The quantitative estimate of drug-likeness (QED) is 0.258. The second-order valence-corrected chi connectivity index (χ2v) is 9.04. The molecule has 0 aromatic heterocycles. The topological polar surface area (TPSA) is 0 Å². The van der Waals surface area contributed by atoms with Crippen LogP contribution in [-0.2, 0) is 5.92 Å². The standard InChI is InChI=1S/C27H34F4/c1-2-3-4-5-6-7-20-8-10-21(11-9-20)22-12-14-23(15-13-22)24-16-18-25(19-17-24)27(30,31)26(28)29/h12-21,26H,2-11H2,1H3/t20-,21-. The van der Waals surface area contributed by atoms with Gasteiger partial charge in [0, 0.05) is 5.56 Å². The maximum atomic E-state index is 13.5. The van der Waals surface area contributed by atoms with Crippen molar-refractivity contribution in [1.29, 1.82) is 0 Å². The molecular formula is C27H34F4. The molecule has 0 N–H and O–H groups in total. The van der Waals surface area contributed by atoms with E-state index in [4.69, 9.17) is 0 Å². The molecule has 0 heterocycles. The lowest BCUT2D eigenvalue weighted by molar-refractivity contribution is -0.135. The Morgan fingerprint density at radius 2 is 1.32 bits per heavy atom. The van der Waals surface area contributed by atoms with Crippen molar-refractivity contribution >= 4 is 0 Å². The summed E-state index contributed by atoms with van der Waals surface area (Å²) in [6, 6.07) is 13.5. The van der Waals surface area contributed by atoms with Crippen LogP contribution in [0.1, 0.15) is 88.2 Å². The molecule has 0 amide bonds. The van der Waals surface area contributed by atoms with Crippen LogP contribution in [0.3, 0.4) is 0 Å². The third-order valence-electron chi connectivity index (χ3n) is 6.82. The molecule has 0 spiro atoms. The van der Waals surface area contributed by atoms with E-state index in [0.717, 1.165) is 29.2 Å². The van der Waals surface area contributed by atoms with E-state index in [9.17, 15) is 17.6 Å². The summed E-state index contributed by atoms with van der Waals surface area (Å²) in [6.07, 6.45) is 9.51. The Morgan fingerprint density at radius 3 is 1.87 bits per heavy atom. The van der Waals surface area contributed by atoms with Gasteiger partial charge in [-0.3, -0.25) is 0 Å². The third kappa shape index (κ3) is 6.33. The Hall–Kier alpha value is -1.84. The largest absolute Gasteiger partial charge is 0.332 e. The van der Waals surface area contributed by atoms with E-state index in [-0.39, 0.29) is 0 Å². The molecule has 2 aromatic carbocycles. The zero-order valence-corrected chi connectivity index (χ0v) is 18.4. The molecule has 0 saturated heterocycles. The molecule has 2 aromatic rings. The van der Waals surface area contributed by atoms with Crippen LogP contribution < -0.4 is 0 Å². The van der Waals surface area contributed by atoms with Crippen molar-refractivity contribution in [2.24, 2.45) is 5.92 Å². The van der Waals surface area contributed by atoms with Crippen molar-refractivity contribution in [2.45, 2.75) is 89.4 Å². The first kappa shape index (κ1) is 23.8. The summed E-state index contributed by atoms with van der Waals surface area (Å²) in [4.78, 5) is 0. The highest BCUT2D eigenvalue weighted by atomic mass is 19.3. The molecule has 1 aliphatic rings.